The first-order valence-electron chi connectivity index (χ1n) is 4.74. The summed E-state index contributed by atoms with van der Waals surface area (Å²) in [6.07, 6.45) is 17.1. The highest BCUT2D eigenvalue weighted by molar-refractivity contribution is 4.99. The first kappa shape index (κ1) is 11.7. The molecule has 13 heavy (non-hydrogen) atoms. The van der Waals surface area contributed by atoms with E-state index in [-0.39, 0.29) is 0 Å². The van der Waals surface area contributed by atoms with Crippen LogP contribution in [0, 0.1) is 36.5 Å². The highest BCUT2D eigenvalue weighted by Crippen LogP contribution is 1.97. The third-order valence-electron chi connectivity index (χ3n) is 1.62. The van der Waals surface area contributed by atoms with E-state index in [2.05, 4.69) is 23.7 Å². The van der Waals surface area contributed by atoms with Crippen molar-refractivity contribution in [1.82, 2.24) is 0 Å². The van der Waals surface area contributed by atoms with Gasteiger partial charge in [0.2, 0.25) is 0 Å². The van der Waals surface area contributed by atoms with E-state index in [9.17, 15) is 0 Å². The Morgan fingerprint density at radius 1 is 0.615 bits per heavy atom. The third kappa shape index (κ3) is 10.7. The minimum atomic E-state index is 0.839. The standard InChI is InChI=1S/C13H16/c1-3-5-7-9-11-13-12-10-8-6-4-2/h1-2H,5-11H2. The van der Waals surface area contributed by atoms with Crippen LogP contribution in [0.25, 0.3) is 0 Å². The molecule has 0 aromatic heterocycles. The van der Waals surface area contributed by atoms with Crippen LogP contribution >= 0.6 is 0 Å². The molecule has 0 N–H and O–H groups in total. The van der Waals surface area contributed by atoms with Crippen molar-refractivity contribution >= 4 is 0 Å². The SMILES string of the molecule is C#CCCCC#CCCCCC#C. The van der Waals surface area contributed by atoms with Gasteiger partial charge in [0.1, 0.15) is 0 Å². The number of terminal acetylenes is 2. The van der Waals surface area contributed by atoms with Gasteiger partial charge in [-0.15, -0.1) is 36.5 Å². The topological polar surface area (TPSA) is 0 Å². The van der Waals surface area contributed by atoms with Gasteiger partial charge in [-0.25, -0.2) is 0 Å². The normalized spacial score (nSPS) is 7.85. The summed E-state index contributed by atoms with van der Waals surface area (Å²) >= 11 is 0. The quantitative estimate of drug-likeness (QED) is 0.442. The maximum absolute atomic E-state index is 5.12. The summed E-state index contributed by atoms with van der Waals surface area (Å²) in [7, 11) is 0. The minimum Gasteiger partial charge on any atom is -0.120 e. The smallest absolute Gasteiger partial charge is 0.00977 e. The first-order valence-corrected chi connectivity index (χ1v) is 4.74. The van der Waals surface area contributed by atoms with Crippen LogP contribution in [-0.4, -0.2) is 0 Å². The Hall–Kier alpha value is -1.32. The fraction of sp³-hybridized carbons (Fsp3) is 0.538. The molecule has 0 heteroatoms. The lowest BCUT2D eigenvalue weighted by atomic mass is 10.2. The Bertz CT molecular complexity index is 236. The molecule has 0 aromatic rings. The molecule has 0 aliphatic rings. The highest BCUT2D eigenvalue weighted by Gasteiger charge is 1.82. The van der Waals surface area contributed by atoms with Crippen LogP contribution in [-0.2, 0) is 0 Å². The van der Waals surface area contributed by atoms with Crippen LogP contribution in [0.4, 0.5) is 0 Å². The summed E-state index contributed by atoms with van der Waals surface area (Å²) < 4.78 is 0. The van der Waals surface area contributed by atoms with Gasteiger partial charge in [-0.2, -0.15) is 0 Å². The summed E-state index contributed by atoms with van der Waals surface area (Å²) in [6.45, 7) is 0. The van der Waals surface area contributed by atoms with E-state index in [0.717, 1.165) is 44.9 Å². The van der Waals surface area contributed by atoms with Crippen molar-refractivity contribution in [3.8, 4) is 36.5 Å². The first-order chi connectivity index (χ1) is 6.41. The predicted octanol–water partition coefficient (Wildman–Crippen LogP) is 2.99. The molecule has 0 amide bonds. The molecule has 0 rings (SSSR count). The van der Waals surface area contributed by atoms with Crippen LogP contribution in [0.1, 0.15) is 44.9 Å². The van der Waals surface area contributed by atoms with Crippen LogP contribution in [0.15, 0.2) is 0 Å². The fourth-order valence-corrected chi connectivity index (χ4v) is 0.896. The van der Waals surface area contributed by atoms with Crippen molar-refractivity contribution in [2.75, 3.05) is 0 Å². The molecule has 0 atom stereocenters. The Balaban J connectivity index is 3.13. The molecule has 0 unspecified atom stereocenters. The molecule has 0 radical (unpaired) electrons. The molecule has 0 aromatic carbocycles. The maximum Gasteiger partial charge on any atom is 0.00977 e. The zero-order valence-electron chi connectivity index (χ0n) is 8.10. The second kappa shape index (κ2) is 10.7. The Kier molecular flexibility index (Phi) is 9.60. The summed E-state index contributed by atoms with van der Waals surface area (Å²) in [5.41, 5.74) is 0. The zero-order valence-corrected chi connectivity index (χ0v) is 8.10. The van der Waals surface area contributed by atoms with E-state index < -0.39 is 0 Å². The molecule has 68 valence electrons. The van der Waals surface area contributed by atoms with E-state index in [1.165, 1.54) is 0 Å². The van der Waals surface area contributed by atoms with Gasteiger partial charge in [0.15, 0.2) is 0 Å². The van der Waals surface area contributed by atoms with E-state index in [1.54, 1.807) is 0 Å². The van der Waals surface area contributed by atoms with Crippen molar-refractivity contribution < 1.29 is 0 Å². The largest absolute Gasteiger partial charge is 0.120 e. The van der Waals surface area contributed by atoms with Gasteiger partial charge >= 0.3 is 0 Å². The highest BCUT2D eigenvalue weighted by atomic mass is 13.9. The van der Waals surface area contributed by atoms with Crippen molar-refractivity contribution in [1.29, 1.82) is 0 Å². The molecule has 0 saturated heterocycles. The second-order valence-corrected chi connectivity index (χ2v) is 2.82. The van der Waals surface area contributed by atoms with Crippen molar-refractivity contribution in [2.45, 2.75) is 44.9 Å². The molecule has 0 fully saturated rings. The van der Waals surface area contributed by atoms with Crippen molar-refractivity contribution in [2.24, 2.45) is 0 Å². The number of unbranched alkanes of at least 4 members (excludes halogenated alkanes) is 5. The minimum absolute atomic E-state index is 0.839. The third-order valence-corrected chi connectivity index (χ3v) is 1.62. The number of rotatable bonds is 5. The molecule has 0 bridgehead atoms. The van der Waals surface area contributed by atoms with E-state index >= 15 is 0 Å². The molecular formula is C13H16. The average Bonchev–Trinajstić information content (AvgIpc) is 2.16. The molecule has 0 spiro atoms. The van der Waals surface area contributed by atoms with Crippen molar-refractivity contribution in [3.05, 3.63) is 0 Å². The molecule has 0 saturated carbocycles. The summed E-state index contributed by atoms with van der Waals surface area (Å²) in [4.78, 5) is 0. The van der Waals surface area contributed by atoms with Crippen LogP contribution in [0.5, 0.6) is 0 Å². The van der Waals surface area contributed by atoms with Crippen molar-refractivity contribution in [3.63, 3.8) is 0 Å². The fourth-order valence-electron chi connectivity index (χ4n) is 0.896. The molecule has 0 aliphatic carbocycles. The number of hydrogen-bond donors (Lipinski definition) is 0. The molecule has 0 heterocycles. The Morgan fingerprint density at radius 2 is 1.08 bits per heavy atom. The van der Waals surface area contributed by atoms with Gasteiger partial charge in [0.05, 0.1) is 0 Å². The molecule has 0 aliphatic heterocycles. The van der Waals surface area contributed by atoms with E-state index in [4.69, 9.17) is 12.8 Å². The monoisotopic (exact) mass is 172 g/mol. The van der Waals surface area contributed by atoms with Crippen LogP contribution < -0.4 is 0 Å². The zero-order chi connectivity index (χ0) is 9.78. The lowest BCUT2D eigenvalue weighted by Crippen LogP contribution is -1.73. The maximum atomic E-state index is 5.12. The Labute approximate surface area is 82.1 Å². The van der Waals surface area contributed by atoms with Crippen LogP contribution in [0.2, 0.25) is 0 Å². The predicted molar refractivity (Wildman–Crippen MR) is 57.8 cm³/mol. The van der Waals surface area contributed by atoms with Gasteiger partial charge in [-0.1, -0.05) is 0 Å². The average molecular weight is 172 g/mol. The van der Waals surface area contributed by atoms with Gasteiger partial charge in [0, 0.05) is 25.7 Å². The summed E-state index contributed by atoms with van der Waals surface area (Å²) in [6, 6.07) is 0. The summed E-state index contributed by atoms with van der Waals surface area (Å²) in [5, 5.41) is 0. The van der Waals surface area contributed by atoms with E-state index in [0.29, 0.717) is 0 Å². The van der Waals surface area contributed by atoms with Gasteiger partial charge in [-0.3, -0.25) is 0 Å². The van der Waals surface area contributed by atoms with Gasteiger partial charge in [-0.05, 0) is 19.3 Å². The number of hydrogen-bond acceptors (Lipinski definition) is 0. The van der Waals surface area contributed by atoms with Gasteiger partial charge in [0.25, 0.3) is 0 Å². The molecular weight excluding hydrogens is 156 g/mol. The van der Waals surface area contributed by atoms with Crippen LogP contribution in [0.3, 0.4) is 0 Å². The Morgan fingerprint density at radius 3 is 1.69 bits per heavy atom. The molecule has 0 nitrogen and oxygen atoms in total. The lowest BCUT2D eigenvalue weighted by molar-refractivity contribution is 0.781. The van der Waals surface area contributed by atoms with E-state index in [1.807, 2.05) is 0 Å². The van der Waals surface area contributed by atoms with Gasteiger partial charge < -0.3 is 0 Å². The lowest BCUT2D eigenvalue weighted by Gasteiger charge is -1.88. The second-order valence-electron chi connectivity index (χ2n) is 2.82. The summed E-state index contributed by atoms with van der Waals surface area (Å²) in [5.74, 6) is 11.4.